The van der Waals surface area contributed by atoms with Crippen LogP contribution in [-0.2, 0) is 11.2 Å². The average molecular weight is 210 g/mol. The summed E-state index contributed by atoms with van der Waals surface area (Å²) in [5.41, 5.74) is 0. The first-order valence-electron chi connectivity index (χ1n) is 5.26. The second-order valence-electron chi connectivity index (χ2n) is 3.36. The molecule has 0 saturated heterocycles. The zero-order chi connectivity index (χ0) is 10.9. The van der Waals surface area contributed by atoms with Crippen LogP contribution in [0.2, 0.25) is 0 Å². The maximum absolute atomic E-state index is 10.9. The Balaban J connectivity index is 1.91. The first kappa shape index (κ1) is 11.8. The maximum Gasteiger partial charge on any atom is 0.219 e. The van der Waals surface area contributed by atoms with Gasteiger partial charge in [-0.3, -0.25) is 4.79 Å². The number of hydrogen-bond donors (Lipinski definition) is 2. The summed E-state index contributed by atoms with van der Waals surface area (Å²) in [5.74, 6) is 1.09. The van der Waals surface area contributed by atoms with Crippen LogP contribution in [-0.4, -0.2) is 26.0 Å². The van der Waals surface area contributed by atoms with Crippen molar-refractivity contribution >= 4 is 5.91 Å². The fraction of sp³-hybridized carbons (Fsp3) is 0.545. The van der Waals surface area contributed by atoms with E-state index in [2.05, 4.69) is 10.6 Å². The van der Waals surface area contributed by atoms with Crippen LogP contribution in [0.25, 0.3) is 0 Å². The van der Waals surface area contributed by atoms with Crippen LogP contribution in [0.3, 0.4) is 0 Å². The van der Waals surface area contributed by atoms with Crippen LogP contribution in [0.4, 0.5) is 0 Å². The number of amides is 1. The Labute approximate surface area is 90.0 Å². The highest BCUT2D eigenvalue weighted by Crippen LogP contribution is 1.99. The minimum Gasteiger partial charge on any atom is -0.469 e. The number of rotatable bonds is 7. The van der Waals surface area contributed by atoms with E-state index in [9.17, 15) is 4.79 Å². The summed E-state index contributed by atoms with van der Waals surface area (Å²) in [6, 6.07) is 3.85. The summed E-state index contributed by atoms with van der Waals surface area (Å²) in [6.45, 7) is 1.76. The van der Waals surface area contributed by atoms with Gasteiger partial charge in [0.05, 0.1) is 6.26 Å². The Morgan fingerprint density at radius 1 is 1.47 bits per heavy atom. The molecule has 2 N–H and O–H groups in total. The molecule has 0 bridgehead atoms. The lowest BCUT2D eigenvalue weighted by Gasteiger charge is -2.02. The molecule has 1 aromatic rings. The van der Waals surface area contributed by atoms with E-state index in [1.54, 1.807) is 13.3 Å². The van der Waals surface area contributed by atoms with Crippen molar-refractivity contribution in [2.75, 3.05) is 20.1 Å². The Morgan fingerprint density at radius 2 is 2.33 bits per heavy atom. The molecule has 0 aliphatic rings. The monoisotopic (exact) mass is 210 g/mol. The molecule has 0 atom stereocenters. The summed E-state index contributed by atoms with van der Waals surface area (Å²) < 4.78 is 5.19. The van der Waals surface area contributed by atoms with Crippen LogP contribution in [0.15, 0.2) is 22.8 Å². The van der Waals surface area contributed by atoms with Gasteiger partial charge in [0.2, 0.25) is 5.91 Å². The standard InChI is InChI=1S/C11H18N2O2/c1-12-11(14)5-2-7-13-8-6-10-4-3-9-15-10/h3-4,9,13H,2,5-8H2,1H3,(H,12,14). The van der Waals surface area contributed by atoms with Crippen LogP contribution in [0, 0.1) is 0 Å². The van der Waals surface area contributed by atoms with Crippen LogP contribution >= 0.6 is 0 Å². The van der Waals surface area contributed by atoms with Gasteiger partial charge in [0.25, 0.3) is 0 Å². The highest BCUT2D eigenvalue weighted by molar-refractivity contribution is 5.75. The van der Waals surface area contributed by atoms with E-state index in [-0.39, 0.29) is 5.91 Å². The van der Waals surface area contributed by atoms with Crippen molar-refractivity contribution in [3.8, 4) is 0 Å². The van der Waals surface area contributed by atoms with E-state index < -0.39 is 0 Å². The van der Waals surface area contributed by atoms with Gasteiger partial charge in [0.1, 0.15) is 5.76 Å². The number of nitrogens with one attached hydrogen (secondary N) is 2. The van der Waals surface area contributed by atoms with Crippen LogP contribution in [0.5, 0.6) is 0 Å². The zero-order valence-corrected chi connectivity index (χ0v) is 9.08. The predicted octanol–water partition coefficient (Wildman–Crippen LogP) is 0.938. The quantitative estimate of drug-likeness (QED) is 0.658. The molecule has 1 amide bonds. The molecule has 0 aliphatic heterocycles. The third-order valence-corrected chi connectivity index (χ3v) is 2.16. The van der Waals surface area contributed by atoms with E-state index in [1.165, 1.54) is 0 Å². The first-order chi connectivity index (χ1) is 7.33. The first-order valence-corrected chi connectivity index (χ1v) is 5.26. The van der Waals surface area contributed by atoms with Crippen molar-refractivity contribution in [3.63, 3.8) is 0 Å². The van der Waals surface area contributed by atoms with E-state index in [0.29, 0.717) is 6.42 Å². The Kier molecular flexibility index (Phi) is 5.55. The molecule has 15 heavy (non-hydrogen) atoms. The molecule has 0 aliphatic carbocycles. The van der Waals surface area contributed by atoms with Crippen LogP contribution in [0.1, 0.15) is 18.6 Å². The van der Waals surface area contributed by atoms with Gasteiger partial charge in [-0.1, -0.05) is 0 Å². The second-order valence-corrected chi connectivity index (χ2v) is 3.36. The lowest BCUT2D eigenvalue weighted by atomic mass is 10.3. The molecule has 0 unspecified atom stereocenters. The molecule has 84 valence electrons. The second kappa shape index (κ2) is 7.06. The molecule has 1 heterocycles. The smallest absolute Gasteiger partial charge is 0.219 e. The van der Waals surface area contributed by atoms with Gasteiger partial charge in [0.15, 0.2) is 0 Å². The predicted molar refractivity (Wildman–Crippen MR) is 58.6 cm³/mol. The zero-order valence-electron chi connectivity index (χ0n) is 9.08. The van der Waals surface area contributed by atoms with E-state index in [0.717, 1.165) is 31.7 Å². The fourth-order valence-corrected chi connectivity index (χ4v) is 1.29. The lowest BCUT2D eigenvalue weighted by molar-refractivity contribution is -0.120. The highest BCUT2D eigenvalue weighted by Gasteiger charge is 1.97. The van der Waals surface area contributed by atoms with E-state index >= 15 is 0 Å². The average Bonchev–Trinajstić information content (AvgIpc) is 2.75. The summed E-state index contributed by atoms with van der Waals surface area (Å²) in [7, 11) is 1.66. The van der Waals surface area contributed by atoms with E-state index in [1.807, 2.05) is 12.1 Å². The van der Waals surface area contributed by atoms with Crippen molar-refractivity contribution < 1.29 is 9.21 Å². The molecule has 0 spiro atoms. The van der Waals surface area contributed by atoms with Crippen molar-refractivity contribution in [2.45, 2.75) is 19.3 Å². The molecule has 1 aromatic heterocycles. The molecule has 0 fully saturated rings. The lowest BCUT2D eigenvalue weighted by Crippen LogP contribution is -2.22. The normalized spacial score (nSPS) is 10.2. The summed E-state index contributed by atoms with van der Waals surface area (Å²) in [5, 5.41) is 5.86. The molecule has 0 saturated carbocycles. The molecule has 1 rings (SSSR count). The number of carbonyl (C=O) groups excluding carboxylic acids is 1. The van der Waals surface area contributed by atoms with E-state index in [4.69, 9.17) is 4.42 Å². The number of hydrogen-bond acceptors (Lipinski definition) is 3. The topological polar surface area (TPSA) is 54.3 Å². The van der Waals surface area contributed by atoms with Crippen molar-refractivity contribution in [1.29, 1.82) is 0 Å². The minimum atomic E-state index is 0.0998. The molecule has 4 nitrogen and oxygen atoms in total. The highest BCUT2D eigenvalue weighted by atomic mass is 16.3. The van der Waals surface area contributed by atoms with Crippen molar-refractivity contribution in [2.24, 2.45) is 0 Å². The van der Waals surface area contributed by atoms with Crippen molar-refractivity contribution in [3.05, 3.63) is 24.2 Å². The molecule has 0 radical (unpaired) electrons. The summed E-state index contributed by atoms with van der Waals surface area (Å²) in [6.07, 6.45) is 4.04. The largest absolute Gasteiger partial charge is 0.469 e. The van der Waals surface area contributed by atoms with Gasteiger partial charge < -0.3 is 15.1 Å². The Morgan fingerprint density at radius 3 is 3.00 bits per heavy atom. The van der Waals surface area contributed by atoms with Crippen molar-refractivity contribution in [1.82, 2.24) is 10.6 Å². The molecular weight excluding hydrogens is 192 g/mol. The summed E-state index contributed by atoms with van der Waals surface area (Å²) in [4.78, 5) is 10.9. The maximum atomic E-state index is 10.9. The Hall–Kier alpha value is -1.29. The third kappa shape index (κ3) is 5.22. The van der Waals surface area contributed by atoms with Gasteiger partial charge >= 0.3 is 0 Å². The Bertz CT molecular complexity index is 270. The van der Waals surface area contributed by atoms with Gasteiger partial charge in [-0.15, -0.1) is 0 Å². The van der Waals surface area contributed by atoms with Gasteiger partial charge in [-0.05, 0) is 25.1 Å². The molecular formula is C11H18N2O2. The van der Waals surface area contributed by atoms with Crippen LogP contribution < -0.4 is 10.6 Å². The molecule has 4 heteroatoms. The molecule has 0 aromatic carbocycles. The third-order valence-electron chi connectivity index (χ3n) is 2.16. The number of carbonyl (C=O) groups is 1. The van der Waals surface area contributed by atoms with Gasteiger partial charge in [-0.25, -0.2) is 0 Å². The van der Waals surface area contributed by atoms with Gasteiger partial charge in [0, 0.05) is 26.4 Å². The SMILES string of the molecule is CNC(=O)CCCNCCc1ccco1. The fourth-order valence-electron chi connectivity index (χ4n) is 1.29. The number of furan rings is 1. The van der Waals surface area contributed by atoms with Gasteiger partial charge in [-0.2, -0.15) is 0 Å². The summed E-state index contributed by atoms with van der Waals surface area (Å²) >= 11 is 0. The minimum absolute atomic E-state index is 0.0998.